The molecule has 4 nitrogen and oxygen atoms in total. The van der Waals surface area contributed by atoms with Crippen molar-refractivity contribution in [1.82, 2.24) is 4.90 Å². The molecular formula is C15H21NO3. The van der Waals surface area contributed by atoms with E-state index in [4.69, 9.17) is 9.15 Å². The molecule has 0 radical (unpaired) electrons. The zero-order valence-electron chi connectivity index (χ0n) is 11.4. The van der Waals surface area contributed by atoms with Gasteiger partial charge in [-0.05, 0) is 44.0 Å². The number of furan rings is 1. The molecule has 0 spiro atoms. The molecule has 1 fully saturated rings. The van der Waals surface area contributed by atoms with Gasteiger partial charge in [0, 0.05) is 19.2 Å². The quantitative estimate of drug-likeness (QED) is 0.605. The van der Waals surface area contributed by atoms with Crippen LogP contribution in [-0.4, -0.2) is 36.6 Å². The van der Waals surface area contributed by atoms with Gasteiger partial charge in [-0.3, -0.25) is 0 Å². The molecule has 0 atom stereocenters. The minimum Gasteiger partial charge on any atom is -0.465 e. The van der Waals surface area contributed by atoms with Gasteiger partial charge in [0.15, 0.2) is 0 Å². The van der Waals surface area contributed by atoms with Crippen LogP contribution in [-0.2, 0) is 9.53 Å². The predicted octanol–water partition coefficient (Wildman–Crippen LogP) is 2.71. The number of carbonyl (C=O) groups is 1. The van der Waals surface area contributed by atoms with Crippen molar-refractivity contribution in [3.8, 4) is 0 Å². The van der Waals surface area contributed by atoms with Crippen molar-refractivity contribution in [2.24, 2.45) is 0 Å². The molecule has 2 rings (SSSR count). The Hall–Kier alpha value is -1.55. The molecule has 0 N–H and O–H groups in total. The third kappa shape index (κ3) is 4.56. The lowest BCUT2D eigenvalue weighted by Crippen LogP contribution is -2.38. The summed E-state index contributed by atoms with van der Waals surface area (Å²) in [6.45, 7) is 5.37. The molecule has 0 amide bonds. The molecule has 1 aliphatic rings. The fourth-order valence-corrected chi connectivity index (χ4v) is 2.31. The average molecular weight is 263 g/mol. The van der Waals surface area contributed by atoms with Crippen LogP contribution in [0.25, 0.3) is 6.08 Å². The number of ether oxygens (including phenoxy) is 1. The van der Waals surface area contributed by atoms with Crippen molar-refractivity contribution in [2.45, 2.75) is 32.3 Å². The van der Waals surface area contributed by atoms with Gasteiger partial charge in [-0.2, -0.15) is 0 Å². The number of rotatable bonds is 5. The Labute approximate surface area is 114 Å². The van der Waals surface area contributed by atoms with Crippen molar-refractivity contribution >= 4 is 12.0 Å². The minimum atomic E-state index is -0.287. The molecule has 1 aromatic rings. The number of likely N-dealkylation sites (tertiary alicyclic amines) is 1. The summed E-state index contributed by atoms with van der Waals surface area (Å²) in [5, 5.41) is 0. The number of nitrogens with zero attached hydrogens (tertiary/aromatic N) is 1. The van der Waals surface area contributed by atoms with Crippen molar-refractivity contribution < 1.29 is 13.9 Å². The lowest BCUT2D eigenvalue weighted by molar-refractivity contribution is -0.145. The maximum Gasteiger partial charge on any atom is 0.331 e. The molecular weight excluding hydrogens is 242 g/mol. The van der Waals surface area contributed by atoms with E-state index in [1.165, 1.54) is 12.5 Å². The Morgan fingerprint density at radius 3 is 2.95 bits per heavy atom. The summed E-state index contributed by atoms with van der Waals surface area (Å²) in [5.41, 5.74) is 0. The third-order valence-electron chi connectivity index (χ3n) is 3.28. The molecule has 1 saturated heterocycles. The molecule has 2 heterocycles. The molecule has 1 aliphatic heterocycles. The van der Waals surface area contributed by atoms with Gasteiger partial charge in [-0.15, -0.1) is 0 Å². The van der Waals surface area contributed by atoms with Gasteiger partial charge in [-0.1, -0.05) is 6.92 Å². The van der Waals surface area contributed by atoms with Crippen LogP contribution in [0.5, 0.6) is 0 Å². The van der Waals surface area contributed by atoms with E-state index in [-0.39, 0.29) is 12.1 Å². The summed E-state index contributed by atoms with van der Waals surface area (Å²) in [7, 11) is 0. The van der Waals surface area contributed by atoms with Crippen molar-refractivity contribution in [3.05, 3.63) is 30.2 Å². The Balaban J connectivity index is 1.72. The largest absolute Gasteiger partial charge is 0.465 e. The first-order valence-corrected chi connectivity index (χ1v) is 6.92. The molecule has 19 heavy (non-hydrogen) atoms. The molecule has 4 heteroatoms. The summed E-state index contributed by atoms with van der Waals surface area (Å²) in [4.78, 5) is 14.1. The van der Waals surface area contributed by atoms with E-state index in [9.17, 15) is 4.79 Å². The van der Waals surface area contributed by atoms with Gasteiger partial charge in [0.1, 0.15) is 11.9 Å². The van der Waals surface area contributed by atoms with Crippen LogP contribution >= 0.6 is 0 Å². The maximum atomic E-state index is 11.6. The standard InChI is InChI=1S/C15H21NO3/c1-2-9-16-10-7-14(8-11-16)19-15(17)6-5-13-4-3-12-18-13/h3-6,12,14H,2,7-11H2,1H3. The van der Waals surface area contributed by atoms with Crippen LogP contribution in [0.1, 0.15) is 31.9 Å². The highest BCUT2D eigenvalue weighted by Crippen LogP contribution is 2.14. The van der Waals surface area contributed by atoms with Gasteiger partial charge in [0.05, 0.1) is 6.26 Å². The monoisotopic (exact) mass is 263 g/mol. The topological polar surface area (TPSA) is 42.7 Å². The average Bonchev–Trinajstić information content (AvgIpc) is 2.92. The maximum absolute atomic E-state index is 11.6. The van der Waals surface area contributed by atoms with E-state index in [1.54, 1.807) is 24.5 Å². The molecule has 0 saturated carbocycles. The van der Waals surface area contributed by atoms with Crippen LogP contribution in [0.4, 0.5) is 0 Å². The van der Waals surface area contributed by atoms with Crippen molar-refractivity contribution in [1.29, 1.82) is 0 Å². The van der Waals surface area contributed by atoms with Gasteiger partial charge in [-0.25, -0.2) is 4.79 Å². The number of hydrogen-bond donors (Lipinski definition) is 0. The van der Waals surface area contributed by atoms with E-state index in [2.05, 4.69) is 11.8 Å². The van der Waals surface area contributed by atoms with Crippen LogP contribution in [0.3, 0.4) is 0 Å². The highest BCUT2D eigenvalue weighted by molar-refractivity contribution is 5.86. The lowest BCUT2D eigenvalue weighted by atomic mass is 10.1. The highest BCUT2D eigenvalue weighted by Gasteiger charge is 2.20. The smallest absolute Gasteiger partial charge is 0.331 e. The van der Waals surface area contributed by atoms with Crippen molar-refractivity contribution in [2.75, 3.05) is 19.6 Å². The van der Waals surface area contributed by atoms with Gasteiger partial charge >= 0.3 is 5.97 Å². The number of esters is 1. The predicted molar refractivity (Wildman–Crippen MR) is 73.6 cm³/mol. The first-order chi connectivity index (χ1) is 9.28. The van der Waals surface area contributed by atoms with Crippen LogP contribution < -0.4 is 0 Å². The molecule has 0 unspecified atom stereocenters. The van der Waals surface area contributed by atoms with E-state index in [1.807, 2.05) is 0 Å². The fourth-order valence-electron chi connectivity index (χ4n) is 2.31. The third-order valence-corrected chi connectivity index (χ3v) is 3.28. The number of carbonyl (C=O) groups excluding carboxylic acids is 1. The molecule has 0 aliphatic carbocycles. The molecule has 0 aromatic carbocycles. The van der Waals surface area contributed by atoms with Gasteiger partial charge < -0.3 is 14.1 Å². The second-order valence-electron chi connectivity index (χ2n) is 4.83. The van der Waals surface area contributed by atoms with Crippen LogP contribution in [0.15, 0.2) is 28.9 Å². The molecule has 0 bridgehead atoms. The lowest BCUT2D eigenvalue weighted by Gasteiger charge is -2.31. The van der Waals surface area contributed by atoms with Crippen molar-refractivity contribution in [3.63, 3.8) is 0 Å². The highest BCUT2D eigenvalue weighted by atomic mass is 16.5. The zero-order valence-corrected chi connectivity index (χ0v) is 11.4. The Morgan fingerprint density at radius 2 is 2.32 bits per heavy atom. The summed E-state index contributed by atoms with van der Waals surface area (Å²) < 4.78 is 10.5. The van der Waals surface area contributed by atoms with E-state index >= 15 is 0 Å². The Kier molecular flexibility index (Phi) is 5.21. The van der Waals surface area contributed by atoms with Gasteiger partial charge in [0.25, 0.3) is 0 Å². The zero-order chi connectivity index (χ0) is 13.5. The fraction of sp³-hybridized carbons (Fsp3) is 0.533. The van der Waals surface area contributed by atoms with Crippen LogP contribution in [0.2, 0.25) is 0 Å². The normalized spacial score (nSPS) is 17.9. The van der Waals surface area contributed by atoms with Crippen LogP contribution in [0, 0.1) is 0 Å². The van der Waals surface area contributed by atoms with E-state index in [0.717, 1.165) is 32.5 Å². The molecule has 1 aromatic heterocycles. The number of piperidine rings is 1. The summed E-state index contributed by atoms with van der Waals surface area (Å²) in [6.07, 6.45) is 7.74. The second-order valence-corrected chi connectivity index (χ2v) is 4.83. The summed E-state index contributed by atoms with van der Waals surface area (Å²) in [6, 6.07) is 3.58. The SMILES string of the molecule is CCCN1CCC(OC(=O)C=Cc2ccco2)CC1. The van der Waals surface area contributed by atoms with E-state index in [0.29, 0.717) is 5.76 Å². The van der Waals surface area contributed by atoms with E-state index < -0.39 is 0 Å². The first-order valence-electron chi connectivity index (χ1n) is 6.92. The minimum absolute atomic E-state index is 0.0573. The summed E-state index contributed by atoms with van der Waals surface area (Å²) in [5.74, 6) is 0.375. The number of hydrogen-bond acceptors (Lipinski definition) is 4. The summed E-state index contributed by atoms with van der Waals surface area (Å²) >= 11 is 0. The van der Waals surface area contributed by atoms with Gasteiger partial charge in [0.2, 0.25) is 0 Å². The Morgan fingerprint density at radius 1 is 1.53 bits per heavy atom. The molecule has 104 valence electrons. The Bertz CT molecular complexity index is 403. The second kappa shape index (κ2) is 7.14. The first kappa shape index (κ1) is 13.9.